The van der Waals surface area contributed by atoms with E-state index in [-0.39, 0.29) is 0 Å². The molecule has 262 valence electrons. The van der Waals surface area contributed by atoms with Gasteiger partial charge in [0.05, 0.1) is 0 Å². The monoisotopic (exact) mass is 733 g/mol. The third-order valence-electron chi connectivity index (χ3n) is 10.6. The van der Waals surface area contributed by atoms with Crippen LogP contribution in [0.5, 0.6) is 0 Å². The standard InChI is InChI=1S/C51H31N3OS/c1-4-14-32(15-5-1)33-24-26-36(27-25-33)50-52-49(35-18-8-3-9-19-35)53-51(54-50)42-30-37(31-44-47(42)41-21-10-12-22-43(41)55-44)46-38(34-16-6-2-7-17-34)28-29-40-39-20-11-13-23-45(39)56-48(40)46/h1-31H. The van der Waals surface area contributed by atoms with Crippen molar-refractivity contribution in [2.75, 3.05) is 0 Å². The third kappa shape index (κ3) is 5.48. The van der Waals surface area contributed by atoms with Gasteiger partial charge >= 0.3 is 0 Å². The number of hydrogen-bond donors (Lipinski definition) is 0. The van der Waals surface area contributed by atoms with E-state index in [0.717, 1.165) is 72.0 Å². The Labute approximate surface area is 327 Å². The Morgan fingerprint density at radius 2 is 0.911 bits per heavy atom. The van der Waals surface area contributed by atoms with Crippen LogP contribution in [0, 0.1) is 0 Å². The summed E-state index contributed by atoms with van der Waals surface area (Å²) in [7, 11) is 0. The molecule has 0 amide bonds. The van der Waals surface area contributed by atoms with E-state index in [1.165, 1.54) is 20.2 Å². The highest BCUT2D eigenvalue weighted by Crippen LogP contribution is 2.47. The van der Waals surface area contributed by atoms with Gasteiger partial charge in [-0.15, -0.1) is 11.3 Å². The minimum absolute atomic E-state index is 0.587. The highest BCUT2D eigenvalue weighted by atomic mass is 32.1. The van der Waals surface area contributed by atoms with Crippen LogP contribution in [0.25, 0.3) is 110 Å². The topological polar surface area (TPSA) is 51.8 Å². The van der Waals surface area contributed by atoms with Crippen LogP contribution in [-0.2, 0) is 0 Å². The Bertz CT molecular complexity index is 3230. The predicted octanol–water partition coefficient (Wildman–Crippen LogP) is 14.1. The first-order chi connectivity index (χ1) is 27.7. The van der Waals surface area contributed by atoms with Gasteiger partial charge in [-0.3, -0.25) is 0 Å². The molecule has 3 heterocycles. The van der Waals surface area contributed by atoms with Crippen LogP contribution < -0.4 is 0 Å². The van der Waals surface area contributed by atoms with Gasteiger partial charge in [-0.05, 0) is 52.1 Å². The second-order valence-corrected chi connectivity index (χ2v) is 15.0. The summed E-state index contributed by atoms with van der Waals surface area (Å²) < 4.78 is 9.20. The Hall–Kier alpha value is -7.21. The number of furan rings is 1. The van der Waals surface area contributed by atoms with Crippen molar-refractivity contribution < 1.29 is 4.42 Å². The third-order valence-corrected chi connectivity index (χ3v) is 11.8. The van der Waals surface area contributed by atoms with E-state index in [1.54, 1.807) is 0 Å². The van der Waals surface area contributed by atoms with Crippen molar-refractivity contribution in [2.45, 2.75) is 0 Å². The molecule has 0 aliphatic heterocycles. The van der Waals surface area contributed by atoms with Crippen LogP contribution in [0.4, 0.5) is 0 Å². The molecule has 11 aromatic rings. The Morgan fingerprint density at radius 1 is 0.357 bits per heavy atom. The second-order valence-electron chi connectivity index (χ2n) is 13.9. The summed E-state index contributed by atoms with van der Waals surface area (Å²) in [5.74, 6) is 1.81. The average molecular weight is 734 g/mol. The lowest BCUT2D eigenvalue weighted by atomic mass is 9.91. The fraction of sp³-hybridized carbons (Fsp3) is 0. The first kappa shape index (κ1) is 32.2. The zero-order chi connectivity index (χ0) is 37.0. The summed E-state index contributed by atoms with van der Waals surface area (Å²) in [6, 6.07) is 65.6. The summed E-state index contributed by atoms with van der Waals surface area (Å²) in [4.78, 5) is 15.6. The second kappa shape index (κ2) is 13.3. The van der Waals surface area contributed by atoms with Gasteiger partial charge in [-0.2, -0.15) is 0 Å². The van der Waals surface area contributed by atoms with Gasteiger partial charge in [0.2, 0.25) is 0 Å². The molecule has 5 heteroatoms. The summed E-state index contributed by atoms with van der Waals surface area (Å²) >= 11 is 1.83. The molecule has 0 saturated heterocycles. The summed E-state index contributed by atoms with van der Waals surface area (Å²) in [6.07, 6.45) is 0. The van der Waals surface area contributed by atoms with Gasteiger partial charge in [0.25, 0.3) is 0 Å². The lowest BCUT2D eigenvalue weighted by Gasteiger charge is -2.15. The predicted molar refractivity (Wildman–Crippen MR) is 233 cm³/mol. The van der Waals surface area contributed by atoms with Crippen molar-refractivity contribution in [3.8, 4) is 67.5 Å². The van der Waals surface area contributed by atoms with Crippen LogP contribution in [0.2, 0.25) is 0 Å². The number of hydrogen-bond acceptors (Lipinski definition) is 5. The van der Waals surface area contributed by atoms with Crippen LogP contribution in [0.15, 0.2) is 192 Å². The molecule has 0 N–H and O–H groups in total. The van der Waals surface area contributed by atoms with E-state index in [9.17, 15) is 0 Å². The lowest BCUT2D eigenvalue weighted by molar-refractivity contribution is 0.669. The van der Waals surface area contributed by atoms with Crippen molar-refractivity contribution in [3.05, 3.63) is 188 Å². The molecule has 3 aromatic heterocycles. The molecule has 56 heavy (non-hydrogen) atoms. The molecule has 11 rings (SSSR count). The zero-order valence-corrected chi connectivity index (χ0v) is 30.9. The molecule has 0 fully saturated rings. The van der Waals surface area contributed by atoms with Gasteiger partial charge in [-0.25, -0.2) is 15.0 Å². The summed E-state index contributed by atoms with van der Waals surface area (Å²) in [5, 5.41) is 4.48. The van der Waals surface area contributed by atoms with E-state index >= 15 is 0 Å². The average Bonchev–Trinajstić information content (AvgIpc) is 3.85. The van der Waals surface area contributed by atoms with Crippen molar-refractivity contribution in [2.24, 2.45) is 0 Å². The van der Waals surface area contributed by atoms with Gasteiger partial charge in [0, 0.05) is 53.2 Å². The van der Waals surface area contributed by atoms with Gasteiger partial charge < -0.3 is 4.42 Å². The number of thiophene rings is 1. The zero-order valence-electron chi connectivity index (χ0n) is 30.1. The molecule has 0 atom stereocenters. The van der Waals surface area contributed by atoms with E-state index in [2.05, 4.69) is 152 Å². The van der Waals surface area contributed by atoms with Gasteiger partial charge in [0.15, 0.2) is 17.5 Å². The molecular formula is C51H31N3OS. The number of rotatable bonds is 6. The largest absolute Gasteiger partial charge is 0.456 e. The van der Waals surface area contributed by atoms with E-state index in [4.69, 9.17) is 19.4 Å². The van der Waals surface area contributed by atoms with Crippen LogP contribution in [-0.4, -0.2) is 15.0 Å². The van der Waals surface area contributed by atoms with E-state index in [1.807, 2.05) is 47.7 Å². The first-order valence-corrected chi connectivity index (χ1v) is 19.5. The normalized spacial score (nSPS) is 11.6. The van der Waals surface area contributed by atoms with E-state index < -0.39 is 0 Å². The molecule has 0 saturated carbocycles. The van der Waals surface area contributed by atoms with Gasteiger partial charge in [-0.1, -0.05) is 164 Å². The molecule has 4 nitrogen and oxygen atoms in total. The minimum Gasteiger partial charge on any atom is -0.456 e. The van der Waals surface area contributed by atoms with Crippen molar-refractivity contribution in [1.29, 1.82) is 0 Å². The maximum Gasteiger partial charge on any atom is 0.164 e. The number of para-hydroxylation sites is 1. The molecule has 0 spiro atoms. The first-order valence-electron chi connectivity index (χ1n) is 18.7. The lowest BCUT2D eigenvalue weighted by Crippen LogP contribution is -2.01. The maximum atomic E-state index is 6.71. The number of aromatic nitrogens is 3. The number of benzene rings is 8. The summed E-state index contributed by atoms with van der Waals surface area (Å²) in [5.41, 5.74) is 11.1. The van der Waals surface area contributed by atoms with Crippen molar-refractivity contribution in [3.63, 3.8) is 0 Å². The Morgan fingerprint density at radius 3 is 1.64 bits per heavy atom. The van der Waals surface area contributed by atoms with Crippen molar-refractivity contribution >= 4 is 53.4 Å². The Kier molecular flexibility index (Phi) is 7.64. The SMILES string of the molecule is c1ccc(-c2ccc(-c3nc(-c4ccccc4)nc(-c4cc(-c5c(-c6ccccc6)ccc6c5sc5ccccc56)cc5oc6ccccc6c45)n3)cc2)cc1. The van der Waals surface area contributed by atoms with Gasteiger partial charge in [0.1, 0.15) is 11.2 Å². The number of nitrogens with zero attached hydrogens (tertiary/aromatic N) is 3. The fourth-order valence-electron chi connectivity index (χ4n) is 7.89. The molecular weight excluding hydrogens is 703 g/mol. The number of fused-ring (bicyclic) bond motifs is 6. The van der Waals surface area contributed by atoms with Crippen molar-refractivity contribution in [1.82, 2.24) is 15.0 Å². The van der Waals surface area contributed by atoms with E-state index in [0.29, 0.717) is 17.5 Å². The minimum atomic E-state index is 0.587. The quantitative estimate of drug-likeness (QED) is 0.171. The molecule has 0 bridgehead atoms. The summed E-state index contributed by atoms with van der Waals surface area (Å²) in [6.45, 7) is 0. The molecule has 0 unspecified atom stereocenters. The van der Waals surface area contributed by atoms with Crippen LogP contribution in [0.1, 0.15) is 0 Å². The fourth-order valence-corrected chi connectivity index (χ4v) is 9.17. The smallest absolute Gasteiger partial charge is 0.164 e. The molecule has 0 radical (unpaired) electrons. The highest BCUT2D eigenvalue weighted by molar-refractivity contribution is 7.26. The maximum absolute atomic E-state index is 6.71. The highest BCUT2D eigenvalue weighted by Gasteiger charge is 2.23. The van der Waals surface area contributed by atoms with Crippen LogP contribution in [0.3, 0.4) is 0 Å². The molecule has 8 aromatic carbocycles. The molecule has 0 aliphatic rings. The Balaban J connectivity index is 1.20. The van der Waals surface area contributed by atoms with Crippen LogP contribution >= 0.6 is 11.3 Å². The molecule has 0 aliphatic carbocycles.